The van der Waals surface area contributed by atoms with Crippen LogP contribution in [0, 0.1) is 0 Å². The molecule has 0 unspecified atom stereocenters. The van der Waals surface area contributed by atoms with Crippen LogP contribution in [0.2, 0.25) is 5.02 Å². The zero-order valence-electron chi connectivity index (χ0n) is 6.59. The Morgan fingerprint density at radius 1 is 1.50 bits per heavy atom. The molecule has 0 bridgehead atoms. The largest absolute Gasteiger partial charge is 0.492 e. The van der Waals surface area contributed by atoms with E-state index < -0.39 is 0 Å². The second-order valence-corrected chi connectivity index (χ2v) is 3.46. The molecule has 0 fully saturated rings. The Balaban J connectivity index is 2.37. The highest BCUT2D eigenvalue weighted by molar-refractivity contribution is 6.30. The van der Waals surface area contributed by atoms with Gasteiger partial charge in [-0.3, -0.25) is 0 Å². The zero-order valence-corrected chi connectivity index (χ0v) is 7.34. The molecule has 1 heterocycles. The summed E-state index contributed by atoms with van der Waals surface area (Å²) in [7, 11) is 0. The van der Waals surface area contributed by atoms with Gasteiger partial charge in [0.15, 0.2) is 0 Å². The molecule has 12 heavy (non-hydrogen) atoms. The smallest absolute Gasteiger partial charge is 0.122 e. The monoisotopic (exact) mass is 183 g/mol. The van der Waals surface area contributed by atoms with Crippen LogP contribution in [0.5, 0.6) is 5.75 Å². The zero-order chi connectivity index (χ0) is 8.55. The molecule has 0 saturated carbocycles. The van der Waals surface area contributed by atoms with Crippen molar-refractivity contribution in [2.24, 2.45) is 5.73 Å². The van der Waals surface area contributed by atoms with Crippen LogP contribution in [0.1, 0.15) is 5.56 Å². The van der Waals surface area contributed by atoms with Crippen molar-refractivity contribution in [2.45, 2.75) is 12.5 Å². The minimum Gasteiger partial charge on any atom is -0.492 e. The van der Waals surface area contributed by atoms with Gasteiger partial charge in [-0.15, -0.1) is 0 Å². The molecule has 3 heteroatoms. The first-order chi connectivity index (χ1) is 5.75. The standard InChI is InChI=1S/C9H10ClNO/c10-7-1-2-9-6(3-7)4-8(11)5-12-9/h1-3,8H,4-5,11H2/t8-/m0/s1. The van der Waals surface area contributed by atoms with Gasteiger partial charge in [-0.05, 0) is 30.2 Å². The van der Waals surface area contributed by atoms with Gasteiger partial charge < -0.3 is 10.5 Å². The predicted octanol–water partition coefficient (Wildman–Crippen LogP) is 1.60. The molecule has 1 aromatic carbocycles. The molecule has 0 amide bonds. The Hall–Kier alpha value is -0.730. The third-order valence-electron chi connectivity index (χ3n) is 1.96. The van der Waals surface area contributed by atoms with E-state index in [1.54, 1.807) is 0 Å². The lowest BCUT2D eigenvalue weighted by Gasteiger charge is -2.22. The molecule has 0 aliphatic carbocycles. The average molecular weight is 184 g/mol. The fourth-order valence-electron chi connectivity index (χ4n) is 1.39. The van der Waals surface area contributed by atoms with Gasteiger partial charge >= 0.3 is 0 Å². The number of rotatable bonds is 0. The molecule has 0 aromatic heterocycles. The molecule has 1 aromatic rings. The molecule has 1 atom stereocenters. The number of hydrogen-bond acceptors (Lipinski definition) is 2. The van der Waals surface area contributed by atoms with Gasteiger partial charge in [0.05, 0.1) is 0 Å². The first-order valence-corrected chi connectivity index (χ1v) is 4.30. The topological polar surface area (TPSA) is 35.2 Å². The van der Waals surface area contributed by atoms with Crippen molar-refractivity contribution in [3.63, 3.8) is 0 Å². The number of benzene rings is 1. The Morgan fingerprint density at radius 2 is 2.33 bits per heavy atom. The maximum atomic E-state index is 5.83. The third kappa shape index (κ3) is 1.40. The Labute approximate surface area is 76.3 Å². The fraction of sp³-hybridized carbons (Fsp3) is 0.333. The molecule has 64 valence electrons. The highest BCUT2D eigenvalue weighted by Crippen LogP contribution is 2.26. The number of halogens is 1. The summed E-state index contributed by atoms with van der Waals surface area (Å²) < 4.78 is 5.41. The predicted molar refractivity (Wildman–Crippen MR) is 48.6 cm³/mol. The second kappa shape index (κ2) is 2.96. The maximum absolute atomic E-state index is 5.83. The van der Waals surface area contributed by atoms with Crippen LogP contribution in [-0.2, 0) is 6.42 Å². The summed E-state index contributed by atoms with van der Waals surface area (Å²) in [6.07, 6.45) is 0.857. The number of hydrogen-bond donors (Lipinski definition) is 1. The molecule has 0 saturated heterocycles. The van der Waals surface area contributed by atoms with Gasteiger partial charge in [-0.25, -0.2) is 0 Å². The molecule has 1 aliphatic heterocycles. The van der Waals surface area contributed by atoms with Crippen molar-refractivity contribution in [1.82, 2.24) is 0 Å². The van der Waals surface area contributed by atoms with Crippen LogP contribution in [0.3, 0.4) is 0 Å². The number of fused-ring (bicyclic) bond motifs is 1. The van der Waals surface area contributed by atoms with Gasteiger partial charge in [-0.2, -0.15) is 0 Å². The van der Waals surface area contributed by atoms with E-state index in [9.17, 15) is 0 Å². The lowest BCUT2D eigenvalue weighted by Crippen LogP contribution is -2.33. The molecule has 2 rings (SSSR count). The van der Waals surface area contributed by atoms with Crippen molar-refractivity contribution in [1.29, 1.82) is 0 Å². The SMILES string of the molecule is N[C@@H]1COc2ccc(Cl)cc2C1. The van der Waals surface area contributed by atoms with E-state index in [0.717, 1.165) is 22.8 Å². The van der Waals surface area contributed by atoms with E-state index in [0.29, 0.717) is 6.61 Å². The molecular weight excluding hydrogens is 174 g/mol. The van der Waals surface area contributed by atoms with Gasteiger partial charge in [0.1, 0.15) is 12.4 Å². The summed E-state index contributed by atoms with van der Waals surface area (Å²) in [4.78, 5) is 0. The summed E-state index contributed by atoms with van der Waals surface area (Å²) in [5.74, 6) is 0.918. The van der Waals surface area contributed by atoms with Gasteiger partial charge in [0.2, 0.25) is 0 Å². The summed E-state index contributed by atoms with van der Waals surface area (Å²) in [5, 5.41) is 0.742. The molecular formula is C9H10ClNO. The average Bonchev–Trinajstić information content (AvgIpc) is 2.03. The molecule has 0 radical (unpaired) electrons. The fourth-order valence-corrected chi connectivity index (χ4v) is 1.58. The first kappa shape index (κ1) is 7.90. The third-order valence-corrected chi connectivity index (χ3v) is 2.19. The molecule has 2 N–H and O–H groups in total. The highest BCUT2D eigenvalue weighted by atomic mass is 35.5. The van der Waals surface area contributed by atoms with Gasteiger partial charge in [0.25, 0.3) is 0 Å². The normalized spacial score (nSPS) is 21.3. The van der Waals surface area contributed by atoms with Crippen LogP contribution in [0.25, 0.3) is 0 Å². The van der Waals surface area contributed by atoms with Crippen LogP contribution in [0.15, 0.2) is 18.2 Å². The summed E-state index contributed by atoms with van der Waals surface area (Å²) in [5.41, 5.74) is 6.84. The van der Waals surface area contributed by atoms with E-state index in [4.69, 9.17) is 22.1 Å². The van der Waals surface area contributed by atoms with E-state index in [1.165, 1.54) is 0 Å². The van der Waals surface area contributed by atoms with Gasteiger partial charge in [-0.1, -0.05) is 11.6 Å². The number of nitrogens with two attached hydrogens (primary N) is 1. The summed E-state index contributed by atoms with van der Waals surface area (Å²) in [6, 6.07) is 5.74. The van der Waals surface area contributed by atoms with E-state index in [-0.39, 0.29) is 6.04 Å². The van der Waals surface area contributed by atoms with Crippen LogP contribution < -0.4 is 10.5 Å². The quantitative estimate of drug-likeness (QED) is 0.663. The second-order valence-electron chi connectivity index (χ2n) is 3.03. The van der Waals surface area contributed by atoms with E-state index >= 15 is 0 Å². The van der Waals surface area contributed by atoms with Crippen molar-refractivity contribution in [3.05, 3.63) is 28.8 Å². The van der Waals surface area contributed by atoms with Crippen molar-refractivity contribution in [2.75, 3.05) is 6.61 Å². The maximum Gasteiger partial charge on any atom is 0.122 e. The van der Waals surface area contributed by atoms with Crippen molar-refractivity contribution >= 4 is 11.6 Å². The van der Waals surface area contributed by atoms with E-state index in [1.807, 2.05) is 18.2 Å². The van der Waals surface area contributed by atoms with Crippen molar-refractivity contribution < 1.29 is 4.74 Å². The summed E-state index contributed by atoms with van der Waals surface area (Å²) in [6.45, 7) is 0.606. The lowest BCUT2D eigenvalue weighted by molar-refractivity contribution is 0.263. The minimum absolute atomic E-state index is 0.107. The molecule has 2 nitrogen and oxygen atoms in total. The first-order valence-electron chi connectivity index (χ1n) is 3.92. The van der Waals surface area contributed by atoms with Crippen molar-refractivity contribution in [3.8, 4) is 5.75 Å². The van der Waals surface area contributed by atoms with E-state index in [2.05, 4.69) is 0 Å². The number of ether oxygens (including phenoxy) is 1. The minimum atomic E-state index is 0.107. The highest BCUT2D eigenvalue weighted by Gasteiger charge is 2.15. The molecule has 0 spiro atoms. The van der Waals surface area contributed by atoms with Gasteiger partial charge in [0, 0.05) is 11.1 Å². The van der Waals surface area contributed by atoms with Crippen LogP contribution in [0.4, 0.5) is 0 Å². The van der Waals surface area contributed by atoms with Crippen LogP contribution in [-0.4, -0.2) is 12.6 Å². The Bertz CT molecular complexity index is 301. The summed E-state index contributed by atoms with van der Waals surface area (Å²) >= 11 is 5.83. The lowest BCUT2D eigenvalue weighted by atomic mass is 10.0. The Kier molecular flexibility index (Phi) is 1.95. The molecule has 1 aliphatic rings. The Morgan fingerprint density at radius 3 is 3.17 bits per heavy atom. The van der Waals surface area contributed by atoms with Crippen LogP contribution >= 0.6 is 11.6 Å².